The fourth-order valence-electron chi connectivity index (χ4n) is 8.30. The molecule has 0 aromatic heterocycles. The fourth-order valence-corrected chi connectivity index (χ4v) is 8.30. The van der Waals surface area contributed by atoms with E-state index in [-0.39, 0.29) is 0 Å². The van der Waals surface area contributed by atoms with Crippen LogP contribution in [0, 0.1) is 0 Å². The van der Waals surface area contributed by atoms with Gasteiger partial charge in [0.2, 0.25) is 0 Å². The van der Waals surface area contributed by atoms with Gasteiger partial charge in [-0.3, -0.25) is 0 Å². The highest BCUT2D eigenvalue weighted by atomic mass is 14.2. The minimum atomic E-state index is 1.25. The Morgan fingerprint density at radius 3 is 1.30 bits per heavy atom. The average Bonchev–Trinajstić information content (AvgIpc) is 3.44. The van der Waals surface area contributed by atoms with Crippen molar-refractivity contribution in [3.63, 3.8) is 0 Å². The second-order valence-electron chi connectivity index (χ2n) is 12.9. The Morgan fingerprint density at radius 1 is 0.217 bits per heavy atom. The lowest BCUT2D eigenvalue weighted by Crippen LogP contribution is -1.87. The minimum Gasteiger partial charge on any atom is -0.0610 e. The predicted molar refractivity (Wildman–Crippen MR) is 198 cm³/mol. The third-order valence-electron chi connectivity index (χ3n) is 10.5. The summed E-state index contributed by atoms with van der Waals surface area (Å²) in [6.45, 7) is 0. The van der Waals surface area contributed by atoms with Crippen molar-refractivity contribution in [3.05, 3.63) is 158 Å². The molecule has 1 aliphatic carbocycles. The van der Waals surface area contributed by atoms with E-state index in [0.717, 1.165) is 0 Å². The smallest absolute Gasteiger partial charge is 0.00264 e. The van der Waals surface area contributed by atoms with Crippen LogP contribution in [0.2, 0.25) is 0 Å². The van der Waals surface area contributed by atoms with Crippen LogP contribution < -0.4 is 0 Å². The lowest BCUT2D eigenvalue weighted by atomic mass is 9.90. The third kappa shape index (κ3) is 3.28. The molecule has 11 rings (SSSR count). The van der Waals surface area contributed by atoms with Crippen molar-refractivity contribution < 1.29 is 0 Å². The molecule has 0 heteroatoms. The molecule has 0 atom stereocenters. The first-order chi connectivity index (χ1) is 22.8. The van der Waals surface area contributed by atoms with E-state index in [2.05, 4.69) is 158 Å². The van der Waals surface area contributed by atoms with Crippen LogP contribution >= 0.6 is 0 Å². The van der Waals surface area contributed by atoms with Gasteiger partial charge in [0.15, 0.2) is 0 Å². The molecule has 46 heavy (non-hydrogen) atoms. The highest BCUT2D eigenvalue weighted by Crippen LogP contribution is 2.48. The number of hydrogen-bond donors (Lipinski definition) is 0. The summed E-state index contributed by atoms with van der Waals surface area (Å²) in [7, 11) is 0. The lowest BCUT2D eigenvalue weighted by Gasteiger charge is -2.14. The second kappa shape index (κ2) is 8.81. The number of rotatable bonds is 2. The molecular formula is C46H26. The van der Waals surface area contributed by atoms with Crippen LogP contribution in [0.15, 0.2) is 158 Å². The third-order valence-corrected chi connectivity index (χ3v) is 10.5. The Kier molecular flexibility index (Phi) is 4.66. The summed E-state index contributed by atoms with van der Waals surface area (Å²) in [4.78, 5) is 0. The number of benzene rings is 10. The molecule has 0 saturated heterocycles. The van der Waals surface area contributed by atoms with E-state index < -0.39 is 0 Å². The van der Waals surface area contributed by atoms with Crippen LogP contribution in [-0.2, 0) is 0 Å². The maximum absolute atomic E-state index is 2.40. The first-order valence-electron chi connectivity index (χ1n) is 16.1. The molecule has 0 spiro atoms. The maximum Gasteiger partial charge on any atom is -0.00264 e. The largest absolute Gasteiger partial charge is 0.0610 e. The topological polar surface area (TPSA) is 0 Å². The molecule has 0 radical (unpaired) electrons. The summed E-state index contributed by atoms with van der Waals surface area (Å²) in [6.07, 6.45) is 0. The first-order valence-corrected chi connectivity index (χ1v) is 16.1. The van der Waals surface area contributed by atoms with E-state index in [0.29, 0.717) is 0 Å². The van der Waals surface area contributed by atoms with Crippen molar-refractivity contribution in [3.8, 4) is 44.5 Å². The average molecular weight is 579 g/mol. The summed E-state index contributed by atoms with van der Waals surface area (Å²) < 4.78 is 0. The number of hydrogen-bond acceptors (Lipinski definition) is 0. The van der Waals surface area contributed by atoms with E-state index in [1.807, 2.05) is 0 Å². The van der Waals surface area contributed by atoms with Gasteiger partial charge in [0.05, 0.1) is 0 Å². The number of fused-ring (bicyclic) bond motifs is 6. The molecule has 0 saturated carbocycles. The van der Waals surface area contributed by atoms with Gasteiger partial charge in [-0.25, -0.2) is 0 Å². The van der Waals surface area contributed by atoms with E-state index in [4.69, 9.17) is 0 Å². The van der Waals surface area contributed by atoms with Gasteiger partial charge in [-0.2, -0.15) is 0 Å². The summed E-state index contributed by atoms with van der Waals surface area (Å²) in [5.41, 5.74) is 10.4. The van der Waals surface area contributed by atoms with Gasteiger partial charge in [-0.05, 0) is 139 Å². The van der Waals surface area contributed by atoms with Crippen molar-refractivity contribution in [2.45, 2.75) is 0 Å². The van der Waals surface area contributed by atoms with Crippen LogP contribution in [0.4, 0.5) is 0 Å². The molecule has 210 valence electrons. The van der Waals surface area contributed by atoms with Gasteiger partial charge in [-0.15, -0.1) is 0 Å². The molecular weight excluding hydrogens is 553 g/mol. The monoisotopic (exact) mass is 578 g/mol. The van der Waals surface area contributed by atoms with Crippen LogP contribution in [0.25, 0.3) is 109 Å². The summed E-state index contributed by atoms with van der Waals surface area (Å²) in [6, 6.07) is 59.2. The van der Waals surface area contributed by atoms with Crippen molar-refractivity contribution in [1.29, 1.82) is 0 Å². The van der Waals surface area contributed by atoms with Crippen LogP contribution in [0.1, 0.15) is 0 Å². The zero-order valence-electron chi connectivity index (χ0n) is 25.0. The first kappa shape index (κ1) is 24.4. The Bertz CT molecular complexity index is 2840. The van der Waals surface area contributed by atoms with Crippen LogP contribution in [0.3, 0.4) is 0 Å². The molecule has 0 amide bonds. The maximum atomic E-state index is 2.40. The Hall–Kier alpha value is -5.98. The highest BCUT2D eigenvalue weighted by molar-refractivity contribution is 6.24. The normalized spacial score (nSPS) is 12.3. The summed E-state index contributed by atoms with van der Waals surface area (Å²) in [5.74, 6) is 0. The van der Waals surface area contributed by atoms with Gasteiger partial charge in [0, 0.05) is 0 Å². The summed E-state index contributed by atoms with van der Waals surface area (Å²) in [5, 5.41) is 15.7. The van der Waals surface area contributed by atoms with E-state index in [1.165, 1.54) is 109 Å². The molecule has 0 fully saturated rings. The zero-order chi connectivity index (χ0) is 29.9. The molecule has 0 unspecified atom stereocenters. The van der Waals surface area contributed by atoms with Crippen LogP contribution in [0.5, 0.6) is 0 Å². The van der Waals surface area contributed by atoms with Gasteiger partial charge in [-0.1, -0.05) is 127 Å². The Balaban J connectivity index is 1.08. The van der Waals surface area contributed by atoms with E-state index >= 15 is 0 Å². The molecule has 0 bridgehead atoms. The quantitative estimate of drug-likeness (QED) is 0.179. The van der Waals surface area contributed by atoms with Gasteiger partial charge in [0.1, 0.15) is 0 Å². The highest BCUT2D eigenvalue weighted by Gasteiger charge is 2.21. The van der Waals surface area contributed by atoms with Crippen molar-refractivity contribution in [1.82, 2.24) is 0 Å². The van der Waals surface area contributed by atoms with Crippen molar-refractivity contribution >= 4 is 64.6 Å². The Labute approximate surface area is 266 Å². The van der Waals surface area contributed by atoms with Crippen molar-refractivity contribution in [2.75, 3.05) is 0 Å². The van der Waals surface area contributed by atoms with Crippen molar-refractivity contribution in [2.24, 2.45) is 0 Å². The fraction of sp³-hybridized carbons (Fsp3) is 0. The standard InChI is InChI=1S/C46H26/c1-4-30-14-18-35-22-37(23-36-19-15-31(5-1)44(30)45(35)36)34-17-13-28-11-10-27-12-16-32(24-41(27)42(28)25-34)33-20-21-38-39-8-2-6-29-7-3-9-40(46(29)39)43(38)26-33/h1-26H. The van der Waals surface area contributed by atoms with E-state index in [9.17, 15) is 0 Å². The Morgan fingerprint density at radius 2 is 0.652 bits per heavy atom. The molecule has 10 aromatic rings. The van der Waals surface area contributed by atoms with Gasteiger partial charge in [0.25, 0.3) is 0 Å². The SMILES string of the molecule is c1cc2c3c(cccc3c1)-c1cc(-c3ccc4ccc5ccc(-c6cc7ccc8cccc9ccc(c6)c7c89)cc5c4c3)ccc1-2. The second-order valence-corrected chi connectivity index (χ2v) is 12.9. The van der Waals surface area contributed by atoms with E-state index in [1.54, 1.807) is 0 Å². The van der Waals surface area contributed by atoms with Crippen LogP contribution in [-0.4, -0.2) is 0 Å². The predicted octanol–water partition coefficient (Wildman–Crippen LogP) is 13.0. The molecule has 10 aromatic carbocycles. The van der Waals surface area contributed by atoms with Gasteiger partial charge >= 0.3 is 0 Å². The molecule has 1 aliphatic rings. The lowest BCUT2D eigenvalue weighted by molar-refractivity contribution is 1.64. The minimum absolute atomic E-state index is 1.25. The molecule has 0 N–H and O–H groups in total. The molecule has 0 heterocycles. The van der Waals surface area contributed by atoms with Gasteiger partial charge < -0.3 is 0 Å². The molecule has 0 nitrogen and oxygen atoms in total. The zero-order valence-corrected chi connectivity index (χ0v) is 25.0. The summed E-state index contributed by atoms with van der Waals surface area (Å²) >= 11 is 0. The molecule has 0 aliphatic heterocycles.